The van der Waals surface area contributed by atoms with Gasteiger partial charge in [-0.25, -0.2) is 0 Å². The number of hydrogen-bond acceptors (Lipinski definition) is 4. The molecule has 0 unspecified atom stereocenters. The Labute approximate surface area is 98.7 Å². The summed E-state index contributed by atoms with van der Waals surface area (Å²) in [4.78, 5) is 11.8. The molecule has 2 aromatic rings. The quantitative estimate of drug-likeness (QED) is 0.818. The molecule has 1 aromatic heterocycles. The molecule has 0 saturated carbocycles. The molecule has 1 amide bonds. The number of aromatic nitrogens is 2. The first-order valence-electron chi connectivity index (χ1n) is 5.12. The number of aryl methyl sites for hydroxylation is 1. The minimum atomic E-state index is -0.303. The highest BCUT2D eigenvalue weighted by Crippen LogP contribution is 2.10. The second kappa shape index (κ2) is 4.61. The van der Waals surface area contributed by atoms with Gasteiger partial charge in [0, 0.05) is 5.69 Å². The standard InChI is InChI=1S/C12H12N4O/c1-8-3-2-4-9(7-8)14-12(17)10-5-6-11(13)16-15-10/h2-7H,1H3,(H2,13,16)(H,14,17). The number of carbonyl (C=O) groups excluding carboxylic acids is 1. The number of nitrogen functional groups attached to an aromatic ring is 1. The maximum atomic E-state index is 11.8. The van der Waals surface area contributed by atoms with Crippen molar-refractivity contribution in [3.63, 3.8) is 0 Å². The number of hydrogen-bond donors (Lipinski definition) is 2. The summed E-state index contributed by atoms with van der Waals surface area (Å²) in [5, 5.41) is 10.1. The molecule has 5 nitrogen and oxygen atoms in total. The van der Waals surface area contributed by atoms with E-state index in [1.165, 1.54) is 12.1 Å². The second-order valence-electron chi connectivity index (χ2n) is 3.67. The van der Waals surface area contributed by atoms with E-state index in [2.05, 4.69) is 15.5 Å². The number of nitrogens with zero attached hydrogens (tertiary/aromatic N) is 2. The van der Waals surface area contributed by atoms with Gasteiger partial charge in [-0.05, 0) is 36.8 Å². The zero-order valence-corrected chi connectivity index (χ0v) is 9.34. The van der Waals surface area contributed by atoms with Crippen molar-refractivity contribution in [3.05, 3.63) is 47.7 Å². The lowest BCUT2D eigenvalue weighted by molar-refractivity contribution is 0.102. The zero-order chi connectivity index (χ0) is 12.3. The summed E-state index contributed by atoms with van der Waals surface area (Å²) in [5.41, 5.74) is 7.44. The molecule has 0 radical (unpaired) electrons. The van der Waals surface area contributed by atoms with Gasteiger partial charge in [-0.1, -0.05) is 12.1 Å². The summed E-state index contributed by atoms with van der Waals surface area (Å²) in [5.74, 6) is -0.0137. The van der Waals surface area contributed by atoms with E-state index >= 15 is 0 Å². The first-order valence-corrected chi connectivity index (χ1v) is 5.12. The number of benzene rings is 1. The van der Waals surface area contributed by atoms with E-state index < -0.39 is 0 Å². The minimum Gasteiger partial charge on any atom is -0.382 e. The normalized spacial score (nSPS) is 9.94. The van der Waals surface area contributed by atoms with Crippen molar-refractivity contribution in [2.45, 2.75) is 6.92 Å². The largest absolute Gasteiger partial charge is 0.382 e. The first-order chi connectivity index (χ1) is 8.15. The van der Waals surface area contributed by atoms with Gasteiger partial charge in [-0.2, -0.15) is 0 Å². The van der Waals surface area contributed by atoms with Gasteiger partial charge in [0.25, 0.3) is 5.91 Å². The summed E-state index contributed by atoms with van der Waals surface area (Å²) in [6.07, 6.45) is 0. The molecule has 86 valence electrons. The molecular formula is C12H12N4O. The second-order valence-corrected chi connectivity index (χ2v) is 3.67. The maximum Gasteiger partial charge on any atom is 0.276 e. The summed E-state index contributed by atoms with van der Waals surface area (Å²) in [6.45, 7) is 1.96. The highest BCUT2D eigenvalue weighted by Gasteiger charge is 2.07. The van der Waals surface area contributed by atoms with Crippen molar-refractivity contribution in [1.29, 1.82) is 0 Å². The van der Waals surface area contributed by atoms with Crippen LogP contribution in [0.4, 0.5) is 11.5 Å². The van der Waals surface area contributed by atoms with E-state index in [0.29, 0.717) is 0 Å². The Bertz CT molecular complexity index is 536. The van der Waals surface area contributed by atoms with Gasteiger partial charge in [0.1, 0.15) is 5.82 Å². The van der Waals surface area contributed by atoms with Crippen molar-refractivity contribution >= 4 is 17.4 Å². The van der Waals surface area contributed by atoms with E-state index in [0.717, 1.165) is 11.3 Å². The Morgan fingerprint density at radius 2 is 2.06 bits per heavy atom. The van der Waals surface area contributed by atoms with E-state index in [1.807, 2.05) is 31.2 Å². The lowest BCUT2D eigenvalue weighted by Gasteiger charge is -2.04. The average Bonchev–Trinajstić information content (AvgIpc) is 2.29. The molecule has 0 saturated heterocycles. The van der Waals surface area contributed by atoms with Crippen LogP contribution in [0.1, 0.15) is 16.1 Å². The first kappa shape index (κ1) is 11.1. The third-order valence-corrected chi connectivity index (χ3v) is 2.19. The van der Waals surface area contributed by atoms with Crippen molar-refractivity contribution < 1.29 is 4.79 Å². The van der Waals surface area contributed by atoms with E-state index in [9.17, 15) is 4.79 Å². The summed E-state index contributed by atoms with van der Waals surface area (Å²) < 4.78 is 0. The molecule has 0 spiro atoms. The Hall–Kier alpha value is -2.43. The predicted molar refractivity (Wildman–Crippen MR) is 65.6 cm³/mol. The molecule has 5 heteroatoms. The summed E-state index contributed by atoms with van der Waals surface area (Å²) in [6, 6.07) is 10.6. The van der Waals surface area contributed by atoms with Crippen molar-refractivity contribution in [2.75, 3.05) is 11.1 Å². The molecular weight excluding hydrogens is 216 g/mol. The Morgan fingerprint density at radius 3 is 2.71 bits per heavy atom. The summed E-state index contributed by atoms with van der Waals surface area (Å²) >= 11 is 0. The van der Waals surface area contributed by atoms with Crippen LogP contribution >= 0.6 is 0 Å². The number of rotatable bonds is 2. The highest BCUT2D eigenvalue weighted by molar-refractivity contribution is 6.02. The van der Waals surface area contributed by atoms with Gasteiger partial charge >= 0.3 is 0 Å². The van der Waals surface area contributed by atoms with Crippen LogP contribution in [0.2, 0.25) is 0 Å². The SMILES string of the molecule is Cc1cccc(NC(=O)c2ccc(N)nn2)c1. The van der Waals surface area contributed by atoms with E-state index in [1.54, 1.807) is 0 Å². The van der Waals surface area contributed by atoms with Crippen LogP contribution in [0.3, 0.4) is 0 Å². The Kier molecular flexibility index (Phi) is 3.00. The number of carbonyl (C=O) groups is 1. The van der Waals surface area contributed by atoms with Crippen LogP contribution in [0.25, 0.3) is 0 Å². The number of nitrogens with one attached hydrogen (secondary N) is 1. The molecule has 0 bridgehead atoms. The van der Waals surface area contributed by atoms with Gasteiger partial charge in [0.05, 0.1) is 0 Å². The van der Waals surface area contributed by atoms with E-state index in [-0.39, 0.29) is 17.4 Å². The maximum absolute atomic E-state index is 11.8. The highest BCUT2D eigenvalue weighted by atomic mass is 16.1. The third kappa shape index (κ3) is 2.78. The molecule has 0 aliphatic heterocycles. The number of amides is 1. The fourth-order valence-corrected chi connectivity index (χ4v) is 1.38. The smallest absolute Gasteiger partial charge is 0.276 e. The fourth-order valence-electron chi connectivity index (χ4n) is 1.38. The van der Waals surface area contributed by atoms with Crippen LogP contribution in [0.15, 0.2) is 36.4 Å². The number of nitrogens with two attached hydrogens (primary N) is 1. The molecule has 17 heavy (non-hydrogen) atoms. The summed E-state index contributed by atoms with van der Waals surface area (Å²) in [7, 11) is 0. The van der Waals surface area contributed by atoms with Gasteiger partial charge in [0.2, 0.25) is 0 Å². The molecule has 0 aliphatic carbocycles. The van der Waals surface area contributed by atoms with Crippen molar-refractivity contribution in [3.8, 4) is 0 Å². The molecule has 1 aromatic carbocycles. The lowest BCUT2D eigenvalue weighted by atomic mass is 10.2. The monoisotopic (exact) mass is 228 g/mol. The lowest BCUT2D eigenvalue weighted by Crippen LogP contribution is -2.14. The molecule has 2 rings (SSSR count). The van der Waals surface area contributed by atoms with Gasteiger partial charge < -0.3 is 11.1 Å². The third-order valence-electron chi connectivity index (χ3n) is 2.19. The predicted octanol–water partition coefficient (Wildman–Crippen LogP) is 1.62. The van der Waals surface area contributed by atoms with Gasteiger partial charge in [-0.15, -0.1) is 10.2 Å². The molecule has 0 atom stereocenters. The van der Waals surface area contributed by atoms with Crippen molar-refractivity contribution in [1.82, 2.24) is 10.2 Å². The Balaban J connectivity index is 2.14. The van der Waals surface area contributed by atoms with Crippen LogP contribution in [-0.2, 0) is 0 Å². The van der Waals surface area contributed by atoms with Crippen LogP contribution in [0.5, 0.6) is 0 Å². The van der Waals surface area contributed by atoms with Crippen molar-refractivity contribution in [2.24, 2.45) is 0 Å². The van der Waals surface area contributed by atoms with Crippen LogP contribution < -0.4 is 11.1 Å². The van der Waals surface area contributed by atoms with E-state index in [4.69, 9.17) is 5.73 Å². The van der Waals surface area contributed by atoms with Crippen LogP contribution in [0, 0.1) is 6.92 Å². The molecule has 0 fully saturated rings. The average molecular weight is 228 g/mol. The van der Waals surface area contributed by atoms with Crippen LogP contribution in [-0.4, -0.2) is 16.1 Å². The van der Waals surface area contributed by atoms with Gasteiger partial charge in [-0.3, -0.25) is 4.79 Å². The van der Waals surface area contributed by atoms with Gasteiger partial charge in [0.15, 0.2) is 5.69 Å². The minimum absolute atomic E-state index is 0.237. The molecule has 3 N–H and O–H groups in total. The zero-order valence-electron chi connectivity index (χ0n) is 9.34. The fraction of sp³-hybridized carbons (Fsp3) is 0.0833. The molecule has 0 aliphatic rings. The number of anilines is 2. The Morgan fingerprint density at radius 1 is 1.24 bits per heavy atom. The molecule has 1 heterocycles. The topological polar surface area (TPSA) is 80.9 Å².